The van der Waals surface area contributed by atoms with Crippen molar-refractivity contribution in [3.05, 3.63) is 29.3 Å². The molecular formula is C19H19N5O3S. The van der Waals surface area contributed by atoms with Crippen LogP contribution in [0.5, 0.6) is 11.5 Å². The number of thioether (sulfide) groups is 1. The first-order chi connectivity index (χ1) is 13.4. The lowest BCUT2D eigenvalue weighted by Gasteiger charge is -2.18. The van der Waals surface area contributed by atoms with Crippen molar-refractivity contribution >= 4 is 23.5 Å². The molecule has 9 heteroatoms. The molecule has 28 heavy (non-hydrogen) atoms. The molecule has 0 radical (unpaired) electrons. The highest BCUT2D eigenvalue weighted by atomic mass is 32.2. The van der Waals surface area contributed by atoms with Gasteiger partial charge in [-0.05, 0) is 31.5 Å². The molecule has 1 heterocycles. The average Bonchev–Trinajstić information content (AvgIpc) is 2.68. The molecule has 0 fully saturated rings. The van der Waals surface area contributed by atoms with E-state index in [1.807, 2.05) is 26.0 Å². The van der Waals surface area contributed by atoms with E-state index >= 15 is 0 Å². The van der Waals surface area contributed by atoms with Crippen molar-refractivity contribution in [2.75, 3.05) is 24.6 Å². The van der Waals surface area contributed by atoms with Gasteiger partial charge in [0.25, 0.3) is 0 Å². The number of amides is 1. The molecule has 0 aliphatic rings. The number of hydrogen-bond acceptors (Lipinski definition) is 8. The Morgan fingerprint density at radius 1 is 1.18 bits per heavy atom. The van der Waals surface area contributed by atoms with E-state index in [1.165, 1.54) is 18.2 Å². The van der Waals surface area contributed by atoms with Crippen LogP contribution >= 0.6 is 11.8 Å². The first kappa shape index (κ1) is 20.9. The van der Waals surface area contributed by atoms with Crippen molar-refractivity contribution in [3.63, 3.8) is 0 Å². The highest BCUT2D eigenvalue weighted by Gasteiger charge is 2.22. The maximum atomic E-state index is 12.3. The first-order valence-corrected chi connectivity index (χ1v) is 9.42. The van der Waals surface area contributed by atoms with Crippen molar-refractivity contribution < 1.29 is 15.0 Å². The van der Waals surface area contributed by atoms with Gasteiger partial charge >= 0.3 is 0 Å². The molecule has 0 spiro atoms. The van der Waals surface area contributed by atoms with Crippen LogP contribution in [0.2, 0.25) is 0 Å². The van der Waals surface area contributed by atoms with Gasteiger partial charge in [0, 0.05) is 18.7 Å². The van der Waals surface area contributed by atoms with Gasteiger partial charge in [-0.3, -0.25) is 4.79 Å². The molecule has 4 N–H and O–H groups in total. The minimum atomic E-state index is -0.397. The number of benzene rings is 1. The third kappa shape index (κ3) is 4.11. The molecule has 2 rings (SSSR count). The Hall–Kier alpha value is -3.43. The fraction of sp³-hybridized carbons (Fsp3) is 0.263. The number of hydrogen-bond donors (Lipinski definition) is 3. The number of nitrogens with two attached hydrogens (primary N) is 1. The van der Waals surface area contributed by atoms with Gasteiger partial charge in [-0.1, -0.05) is 17.8 Å². The molecule has 1 aromatic heterocycles. The van der Waals surface area contributed by atoms with Crippen LogP contribution in [0.3, 0.4) is 0 Å². The molecule has 0 aliphatic heterocycles. The van der Waals surface area contributed by atoms with Crippen LogP contribution in [0.25, 0.3) is 11.1 Å². The summed E-state index contributed by atoms with van der Waals surface area (Å²) in [5, 5.41) is 38.8. The number of nitrogens with zero attached hydrogens (tertiary/aromatic N) is 4. The number of aromatic hydroxyl groups is 2. The molecular weight excluding hydrogens is 378 g/mol. The van der Waals surface area contributed by atoms with Crippen LogP contribution in [0.1, 0.15) is 25.0 Å². The second-order valence-corrected chi connectivity index (χ2v) is 6.67. The number of phenols is 2. The normalized spacial score (nSPS) is 10.1. The van der Waals surface area contributed by atoms with E-state index in [1.54, 1.807) is 4.90 Å². The number of nitriles is 2. The summed E-state index contributed by atoms with van der Waals surface area (Å²) < 4.78 is 0. The molecule has 0 saturated carbocycles. The summed E-state index contributed by atoms with van der Waals surface area (Å²) in [6.07, 6.45) is 0. The minimum absolute atomic E-state index is 0.0129. The van der Waals surface area contributed by atoms with Gasteiger partial charge in [0.2, 0.25) is 5.91 Å². The van der Waals surface area contributed by atoms with Crippen molar-refractivity contribution in [2.24, 2.45) is 0 Å². The predicted molar refractivity (Wildman–Crippen MR) is 105 cm³/mol. The van der Waals surface area contributed by atoms with Crippen molar-refractivity contribution in [1.82, 2.24) is 9.88 Å². The van der Waals surface area contributed by atoms with Crippen LogP contribution in [-0.4, -0.2) is 44.8 Å². The number of phenolic OH excluding ortho intramolecular Hbond substituents is 2. The fourth-order valence-electron chi connectivity index (χ4n) is 2.67. The Bertz CT molecular complexity index is 991. The van der Waals surface area contributed by atoms with E-state index in [0.29, 0.717) is 18.7 Å². The molecule has 1 aromatic carbocycles. The van der Waals surface area contributed by atoms with Crippen molar-refractivity contribution in [2.45, 2.75) is 18.9 Å². The topological polar surface area (TPSA) is 147 Å². The molecule has 0 saturated heterocycles. The summed E-state index contributed by atoms with van der Waals surface area (Å²) in [6.45, 7) is 4.89. The molecule has 0 atom stereocenters. The Kier molecular flexibility index (Phi) is 6.69. The molecule has 1 amide bonds. The second kappa shape index (κ2) is 8.98. The highest BCUT2D eigenvalue weighted by molar-refractivity contribution is 8.00. The predicted octanol–water partition coefficient (Wildman–Crippen LogP) is 2.45. The van der Waals surface area contributed by atoms with Crippen molar-refractivity contribution in [3.8, 4) is 34.8 Å². The molecule has 0 unspecified atom stereocenters. The van der Waals surface area contributed by atoms with Gasteiger partial charge < -0.3 is 20.8 Å². The zero-order valence-corrected chi connectivity index (χ0v) is 16.2. The van der Waals surface area contributed by atoms with Crippen molar-refractivity contribution in [1.29, 1.82) is 10.5 Å². The van der Waals surface area contributed by atoms with E-state index in [-0.39, 0.29) is 44.9 Å². The molecule has 144 valence electrons. The number of carbonyl (C=O) groups is 1. The summed E-state index contributed by atoms with van der Waals surface area (Å²) in [5.74, 6) is -0.849. The summed E-state index contributed by atoms with van der Waals surface area (Å²) >= 11 is 1.06. The third-order valence-corrected chi connectivity index (χ3v) is 5.09. The molecule has 0 bridgehead atoms. The lowest BCUT2D eigenvalue weighted by atomic mass is 9.96. The van der Waals surface area contributed by atoms with E-state index < -0.39 is 5.75 Å². The number of pyridine rings is 1. The Morgan fingerprint density at radius 2 is 1.82 bits per heavy atom. The zero-order valence-electron chi connectivity index (χ0n) is 15.4. The van der Waals surface area contributed by atoms with Gasteiger partial charge in [-0.2, -0.15) is 10.5 Å². The Balaban J connectivity index is 2.56. The number of anilines is 1. The molecule has 2 aromatic rings. The average molecular weight is 397 g/mol. The van der Waals surface area contributed by atoms with Crippen LogP contribution in [-0.2, 0) is 4.79 Å². The largest absolute Gasteiger partial charge is 0.504 e. The molecule has 0 aliphatic carbocycles. The second-order valence-electron chi connectivity index (χ2n) is 5.71. The van der Waals surface area contributed by atoms with Gasteiger partial charge in [0.15, 0.2) is 11.5 Å². The maximum Gasteiger partial charge on any atom is 0.232 e. The van der Waals surface area contributed by atoms with Gasteiger partial charge in [0.1, 0.15) is 28.5 Å². The molecule has 8 nitrogen and oxygen atoms in total. The summed E-state index contributed by atoms with van der Waals surface area (Å²) in [7, 11) is 0. The zero-order chi connectivity index (χ0) is 20.8. The summed E-state index contributed by atoms with van der Waals surface area (Å²) in [5.41, 5.74) is 6.51. The van der Waals surface area contributed by atoms with Gasteiger partial charge in [-0.15, -0.1) is 0 Å². The number of carbonyl (C=O) groups excluding carboxylic acids is 1. The Labute approximate surface area is 166 Å². The quantitative estimate of drug-likeness (QED) is 0.497. The van der Waals surface area contributed by atoms with Crippen LogP contribution in [0, 0.1) is 22.7 Å². The van der Waals surface area contributed by atoms with Crippen LogP contribution in [0.15, 0.2) is 23.2 Å². The Morgan fingerprint density at radius 3 is 2.36 bits per heavy atom. The lowest BCUT2D eigenvalue weighted by Crippen LogP contribution is -2.31. The lowest BCUT2D eigenvalue weighted by molar-refractivity contribution is -0.127. The SMILES string of the molecule is CCN(CC)C(=O)CSc1nc(N)c(C#N)c(-c2ccc(O)c(O)c2)c1C#N. The first-order valence-electron chi connectivity index (χ1n) is 8.44. The van der Waals surface area contributed by atoms with Gasteiger partial charge in [0.05, 0.1) is 11.3 Å². The fourth-order valence-corrected chi connectivity index (χ4v) is 3.57. The highest BCUT2D eigenvalue weighted by Crippen LogP contribution is 2.38. The van der Waals surface area contributed by atoms with E-state index in [2.05, 4.69) is 4.98 Å². The monoisotopic (exact) mass is 397 g/mol. The van der Waals surface area contributed by atoms with Crippen LogP contribution < -0.4 is 5.73 Å². The smallest absolute Gasteiger partial charge is 0.232 e. The standard InChI is InChI=1S/C19H19N5O3S/c1-3-24(4-2)16(27)10-28-19-13(9-21)17(12(8-20)18(22)23-19)11-5-6-14(25)15(26)7-11/h5-7,25-26H,3-4,10H2,1-2H3,(H2,22,23). The summed E-state index contributed by atoms with van der Waals surface area (Å²) in [6, 6.07) is 7.90. The minimum Gasteiger partial charge on any atom is -0.504 e. The van der Waals surface area contributed by atoms with E-state index in [9.17, 15) is 25.5 Å². The number of rotatable bonds is 6. The summed E-state index contributed by atoms with van der Waals surface area (Å²) in [4.78, 5) is 18.1. The number of nitrogen functional groups attached to an aromatic ring is 1. The number of aromatic nitrogens is 1. The van der Waals surface area contributed by atoms with E-state index in [0.717, 1.165) is 11.8 Å². The maximum absolute atomic E-state index is 12.3. The third-order valence-electron chi connectivity index (χ3n) is 4.13. The van der Waals surface area contributed by atoms with E-state index in [4.69, 9.17) is 5.73 Å². The van der Waals surface area contributed by atoms with Gasteiger partial charge in [-0.25, -0.2) is 4.98 Å². The van der Waals surface area contributed by atoms with Crippen LogP contribution in [0.4, 0.5) is 5.82 Å².